The Hall–Kier alpha value is -1.95. The molecule has 2 rings (SSSR count). The van der Waals surface area contributed by atoms with Crippen LogP contribution in [-0.2, 0) is 0 Å². The fourth-order valence-electron chi connectivity index (χ4n) is 1.93. The van der Waals surface area contributed by atoms with Crippen molar-refractivity contribution in [3.05, 3.63) is 63.6 Å². The summed E-state index contributed by atoms with van der Waals surface area (Å²) in [7, 11) is 0. The molecule has 0 aliphatic rings. The fourth-order valence-corrected chi connectivity index (χ4v) is 2.29. The molecular formula is C18H15Cl2NO. The van der Waals surface area contributed by atoms with Gasteiger partial charge in [0.25, 0.3) is 0 Å². The third kappa shape index (κ3) is 4.27. The second kappa shape index (κ2) is 7.35. The van der Waals surface area contributed by atoms with E-state index in [0.29, 0.717) is 21.4 Å². The maximum atomic E-state index is 9.34. The number of rotatable bonds is 4. The van der Waals surface area contributed by atoms with Crippen molar-refractivity contribution in [2.24, 2.45) is 0 Å². The van der Waals surface area contributed by atoms with Gasteiger partial charge >= 0.3 is 0 Å². The number of halogens is 2. The first-order valence-corrected chi connectivity index (χ1v) is 7.59. The summed E-state index contributed by atoms with van der Waals surface area (Å²) in [6.07, 6.45) is 1.84. The molecule has 0 saturated heterocycles. The van der Waals surface area contributed by atoms with Crippen LogP contribution < -0.4 is 4.74 Å². The quantitative estimate of drug-likeness (QED) is 0.520. The van der Waals surface area contributed by atoms with Crippen molar-refractivity contribution >= 4 is 34.9 Å². The molecule has 4 heteroatoms. The predicted octanol–water partition coefficient (Wildman–Crippen LogP) is 5.84. The summed E-state index contributed by atoms with van der Waals surface area (Å²) >= 11 is 12.1. The lowest BCUT2D eigenvalue weighted by Crippen LogP contribution is -2.05. The first kappa shape index (κ1) is 16.4. The van der Waals surface area contributed by atoms with E-state index in [-0.39, 0.29) is 6.10 Å². The van der Waals surface area contributed by atoms with Gasteiger partial charge in [0.1, 0.15) is 5.75 Å². The van der Waals surface area contributed by atoms with Gasteiger partial charge in [0.05, 0.1) is 22.8 Å². The van der Waals surface area contributed by atoms with Crippen LogP contribution in [-0.4, -0.2) is 6.10 Å². The zero-order chi connectivity index (χ0) is 16.1. The Balaban J connectivity index is 2.32. The molecule has 0 unspecified atom stereocenters. The molecule has 112 valence electrons. The molecule has 0 spiro atoms. The van der Waals surface area contributed by atoms with Crippen LogP contribution in [0.2, 0.25) is 10.0 Å². The van der Waals surface area contributed by atoms with E-state index >= 15 is 0 Å². The smallest absolute Gasteiger partial charge is 0.138 e. The van der Waals surface area contributed by atoms with Crippen molar-refractivity contribution in [1.29, 1.82) is 5.26 Å². The molecule has 0 radical (unpaired) electrons. The first-order valence-electron chi connectivity index (χ1n) is 6.83. The molecule has 0 fully saturated rings. The van der Waals surface area contributed by atoms with Crippen LogP contribution >= 0.6 is 23.2 Å². The first-order chi connectivity index (χ1) is 10.5. The molecule has 2 aromatic carbocycles. The fraction of sp³-hybridized carbons (Fsp3) is 0.167. The van der Waals surface area contributed by atoms with E-state index in [4.69, 9.17) is 27.9 Å². The van der Waals surface area contributed by atoms with Crippen LogP contribution in [0.25, 0.3) is 11.6 Å². The van der Waals surface area contributed by atoms with Crippen molar-refractivity contribution < 1.29 is 4.74 Å². The third-order valence-electron chi connectivity index (χ3n) is 2.91. The Labute approximate surface area is 140 Å². The third-order valence-corrected chi connectivity index (χ3v) is 3.45. The Morgan fingerprint density at radius 3 is 2.36 bits per heavy atom. The lowest BCUT2D eigenvalue weighted by molar-refractivity contribution is 0.242. The second-order valence-corrected chi connectivity index (χ2v) is 5.88. The molecule has 2 aromatic rings. The molecule has 0 aromatic heterocycles. The van der Waals surface area contributed by atoms with Crippen molar-refractivity contribution in [2.45, 2.75) is 20.0 Å². The predicted molar refractivity (Wildman–Crippen MR) is 92.2 cm³/mol. The molecule has 0 heterocycles. The largest absolute Gasteiger partial charge is 0.489 e. The highest BCUT2D eigenvalue weighted by Gasteiger charge is 2.06. The number of nitrogens with zero attached hydrogens (tertiary/aromatic N) is 1. The minimum Gasteiger partial charge on any atom is -0.489 e. The summed E-state index contributed by atoms with van der Waals surface area (Å²) in [5.41, 5.74) is 2.20. The van der Waals surface area contributed by atoms with Gasteiger partial charge in [-0.1, -0.05) is 41.4 Å². The summed E-state index contributed by atoms with van der Waals surface area (Å²) in [4.78, 5) is 0. The van der Waals surface area contributed by atoms with E-state index in [9.17, 15) is 5.26 Å². The molecular weight excluding hydrogens is 317 g/mol. The highest BCUT2D eigenvalue weighted by molar-refractivity contribution is 6.32. The Kier molecular flexibility index (Phi) is 5.49. The van der Waals surface area contributed by atoms with Crippen LogP contribution in [0.3, 0.4) is 0 Å². The summed E-state index contributed by atoms with van der Waals surface area (Å²) in [6, 6.07) is 14.8. The van der Waals surface area contributed by atoms with Crippen molar-refractivity contribution in [2.75, 3.05) is 0 Å². The Morgan fingerprint density at radius 1 is 1.14 bits per heavy atom. The van der Waals surface area contributed by atoms with Gasteiger partial charge in [-0.15, -0.1) is 0 Å². The summed E-state index contributed by atoms with van der Waals surface area (Å²) in [6.45, 7) is 3.89. The number of allylic oxidation sites excluding steroid dienone is 1. The average Bonchev–Trinajstić information content (AvgIpc) is 2.48. The van der Waals surface area contributed by atoms with Crippen LogP contribution in [0.5, 0.6) is 5.75 Å². The van der Waals surface area contributed by atoms with E-state index in [2.05, 4.69) is 6.07 Å². The molecule has 0 aliphatic heterocycles. The van der Waals surface area contributed by atoms with Gasteiger partial charge in [0.2, 0.25) is 0 Å². The van der Waals surface area contributed by atoms with Gasteiger partial charge in [-0.2, -0.15) is 5.26 Å². The second-order valence-electron chi connectivity index (χ2n) is 5.03. The lowest BCUT2D eigenvalue weighted by atomic mass is 10.0. The van der Waals surface area contributed by atoms with E-state index < -0.39 is 0 Å². The molecule has 0 bridgehead atoms. The van der Waals surface area contributed by atoms with Crippen LogP contribution in [0.1, 0.15) is 25.0 Å². The van der Waals surface area contributed by atoms with E-state index in [1.807, 2.05) is 38.1 Å². The van der Waals surface area contributed by atoms with Gasteiger partial charge in [0.15, 0.2) is 0 Å². The Morgan fingerprint density at radius 2 is 1.82 bits per heavy atom. The van der Waals surface area contributed by atoms with Crippen LogP contribution in [0.4, 0.5) is 0 Å². The normalized spacial score (nSPS) is 11.4. The lowest BCUT2D eigenvalue weighted by Gasteiger charge is -2.11. The highest BCUT2D eigenvalue weighted by atomic mass is 35.5. The van der Waals surface area contributed by atoms with Gasteiger partial charge in [-0.25, -0.2) is 0 Å². The minimum absolute atomic E-state index is 0.0580. The van der Waals surface area contributed by atoms with Crippen LogP contribution in [0.15, 0.2) is 42.5 Å². The molecule has 0 saturated carbocycles. The van der Waals surface area contributed by atoms with E-state index in [0.717, 1.165) is 11.1 Å². The van der Waals surface area contributed by atoms with E-state index in [1.54, 1.807) is 24.3 Å². The van der Waals surface area contributed by atoms with Gasteiger partial charge < -0.3 is 4.74 Å². The van der Waals surface area contributed by atoms with Crippen molar-refractivity contribution in [1.82, 2.24) is 0 Å². The minimum atomic E-state index is 0.0580. The number of ether oxygens (including phenoxy) is 1. The zero-order valence-electron chi connectivity index (χ0n) is 12.3. The van der Waals surface area contributed by atoms with Crippen molar-refractivity contribution in [3.8, 4) is 11.8 Å². The maximum Gasteiger partial charge on any atom is 0.138 e. The standard InChI is InChI=1S/C18H15Cl2NO/c1-12(2)22-18-8-3-13(10-17(18)20)9-15(11-21)14-4-6-16(19)7-5-14/h3-10,12H,1-2H3/b15-9-. The summed E-state index contributed by atoms with van der Waals surface area (Å²) in [5, 5.41) is 10.5. The average molecular weight is 332 g/mol. The molecule has 0 amide bonds. The monoisotopic (exact) mass is 331 g/mol. The van der Waals surface area contributed by atoms with Gasteiger partial charge in [-0.3, -0.25) is 0 Å². The number of hydrogen-bond donors (Lipinski definition) is 0. The van der Waals surface area contributed by atoms with Crippen molar-refractivity contribution in [3.63, 3.8) is 0 Å². The Bertz CT molecular complexity index is 728. The summed E-state index contributed by atoms with van der Waals surface area (Å²) < 4.78 is 5.60. The zero-order valence-corrected chi connectivity index (χ0v) is 13.8. The molecule has 0 N–H and O–H groups in total. The summed E-state index contributed by atoms with van der Waals surface area (Å²) in [5.74, 6) is 0.638. The SMILES string of the molecule is CC(C)Oc1ccc(/C=C(/C#N)c2ccc(Cl)cc2)cc1Cl. The highest BCUT2D eigenvalue weighted by Crippen LogP contribution is 2.28. The molecule has 0 atom stereocenters. The van der Waals surface area contributed by atoms with Crippen LogP contribution in [0, 0.1) is 11.3 Å². The molecule has 0 aliphatic carbocycles. The topological polar surface area (TPSA) is 33.0 Å². The number of nitriles is 1. The molecule has 22 heavy (non-hydrogen) atoms. The number of hydrogen-bond acceptors (Lipinski definition) is 2. The van der Waals surface area contributed by atoms with Gasteiger partial charge in [-0.05, 0) is 55.3 Å². The molecule has 2 nitrogen and oxygen atoms in total. The van der Waals surface area contributed by atoms with Gasteiger partial charge in [0, 0.05) is 5.02 Å². The maximum absolute atomic E-state index is 9.34. The van der Waals surface area contributed by atoms with E-state index in [1.165, 1.54) is 0 Å². The number of benzene rings is 2.